The van der Waals surface area contributed by atoms with Crippen molar-refractivity contribution in [2.24, 2.45) is 0 Å². The standard InChI is InChI=1S/C22H15ClN2O2/c23-16-11-12-18-17(13-16)19(14-7-3-1-4-8-14)20(22(27)24-18)25-21(26)15-9-5-2-6-10-15/h1-13H,(H,24,27)(H,25,26). The van der Waals surface area contributed by atoms with Crippen LogP contribution in [-0.2, 0) is 0 Å². The van der Waals surface area contributed by atoms with Crippen molar-refractivity contribution in [2.45, 2.75) is 0 Å². The number of aromatic nitrogens is 1. The molecule has 0 bridgehead atoms. The van der Waals surface area contributed by atoms with Crippen LogP contribution >= 0.6 is 11.6 Å². The SMILES string of the molecule is O=C(Nc1c(-c2ccccc2)c2cc(Cl)ccc2[nH]c1=O)c1ccccc1. The minimum absolute atomic E-state index is 0.199. The largest absolute Gasteiger partial charge is 0.320 e. The predicted molar refractivity (Wildman–Crippen MR) is 109 cm³/mol. The Hall–Kier alpha value is -3.37. The number of nitrogens with one attached hydrogen (secondary N) is 2. The maximum atomic E-state index is 12.8. The molecule has 4 aromatic rings. The van der Waals surface area contributed by atoms with Gasteiger partial charge in [0.15, 0.2) is 0 Å². The van der Waals surface area contributed by atoms with Crippen molar-refractivity contribution < 1.29 is 4.79 Å². The summed E-state index contributed by atoms with van der Waals surface area (Å²) in [5.41, 5.74) is 2.42. The van der Waals surface area contributed by atoms with Gasteiger partial charge in [-0.1, -0.05) is 60.1 Å². The molecule has 0 aliphatic rings. The van der Waals surface area contributed by atoms with Gasteiger partial charge in [-0.25, -0.2) is 0 Å². The van der Waals surface area contributed by atoms with E-state index >= 15 is 0 Å². The maximum absolute atomic E-state index is 12.8. The number of rotatable bonds is 3. The Balaban J connectivity index is 1.95. The van der Waals surface area contributed by atoms with Gasteiger partial charge in [0.1, 0.15) is 5.69 Å². The van der Waals surface area contributed by atoms with Crippen molar-refractivity contribution in [2.75, 3.05) is 5.32 Å². The lowest BCUT2D eigenvalue weighted by Crippen LogP contribution is -2.21. The quantitative estimate of drug-likeness (QED) is 0.524. The van der Waals surface area contributed by atoms with Crippen LogP contribution in [0.25, 0.3) is 22.0 Å². The van der Waals surface area contributed by atoms with Crippen LogP contribution < -0.4 is 10.9 Å². The Labute approximate surface area is 160 Å². The molecule has 3 aromatic carbocycles. The van der Waals surface area contributed by atoms with Gasteiger partial charge in [-0.05, 0) is 35.9 Å². The molecule has 1 heterocycles. The first-order chi connectivity index (χ1) is 13.1. The second-order valence-electron chi connectivity index (χ2n) is 6.08. The number of amides is 1. The summed E-state index contributed by atoms with van der Waals surface area (Å²) in [5.74, 6) is -0.348. The van der Waals surface area contributed by atoms with Gasteiger partial charge >= 0.3 is 0 Å². The highest BCUT2D eigenvalue weighted by molar-refractivity contribution is 6.31. The number of carbonyl (C=O) groups excluding carboxylic acids is 1. The van der Waals surface area contributed by atoms with E-state index in [0.717, 1.165) is 10.9 Å². The van der Waals surface area contributed by atoms with Gasteiger partial charge in [0, 0.05) is 27.1 Å². The zero-order valence-corrected chi connectivity index (χ0v) is 15.0. The van der Waals surface area contributed by atoms with Crippen LogP contribution in [0.2, 0.25) is 5.02 Å². The lowest BCUT2D eigenvalue weighted by molar-refractivity contribution is 0.102. The Morgan fingerprint density at radius 2 is 1.56 bits per heavy atom. The summed E-state index contributed by atoms with van der Waals surface area (Å²) < 4.78 is 0. The van der Waals surface area contributed by atoms with Gasteiger partial charge < -0.3 is 10.3 Å². The van der Waals surface area contributed by atoms with E-state index in [0.29, 0.717) is 21.7 Å². The molecule has 0 unspecified atom stereocenters. The Morgan fingerprint density at radius 1 is 0.889 bits per heavy atom. The summed E-state index contributed by atoms with van der Waals surface area (Å²) in [6.07, 6.45) is 0. The summed E-state index contributed by atoms with van der Waals surface area (Å²) >= 11 is 6.19. The third kappa shape index (κ3) is 3.35. The summed E-state index contributed by atoms with van der Waals surface area (Å²) in [5, 5.41) is 4.09. The summed E-state index contributed by atoms with van der Waals surface area (Å²) in [7, 11) is 0. The van der Waals surface area contributed by atoms with E-state index in [1.807, 2.05) is 36.4 Å². The average molecular weight is 375 g/mol. The fourth-order valence-corrected chi connectivity index (χ4v) is 3.24. The van der Waals surface area contributed by atoms with Gasteiger partial charge in [-0.2, -0.15) is 0 Å². The number of hydrogen-bond donors (Lipinski definition) is 2. The fourth-order valence-electron chi connectivity index (χ4n) is 3.06. The normalized spacial score (nSPS) is 10.7. The van der Waals surface area contributed by atoms with Gasteiger partial charge in [0.05, 0.1) is 0 Å². The average Bonchev–Trinajstić information content (AvgIpc) is 2.70. The molecule has 0 atom stereocenters. The minimum Gasteiger partial charge on any atom is -0.320 e. The smallest absolute Gasteiger partial charge is 0.272 e. The molecule has 5 heteroatoms. The number of carbonyl (C=O) groups is 1. The molecule has 0 saturated heterocycles. The molecule has 0 aliphatic carbocycles. The maximum Gasteiger partial charge on any atom is 0.272 e. The number of hydrogen-bond acceptors (Lipinski definition) is 2. The highest BCUT2D eigenvalue weighted by Crippen LogP contribution is 2.33. The third-order valence-electron chi connectivity index (χ3n) is 4.31. The molecule has 4 nitrogen and oxygen atoms in total. The first kappa shape index (κ1) is 17.1. The van der Waals surface area contributed by atoms with Gasteiger partial charge in [0.25, 0.3) is 11.5 Å². The molecule has 0 fully saturated rings. The Kier molecular flexibility index (Phi) is 4.48. The number of halogens is 1. The van der Waals surface area contributed by atoms with Crippen molar-refractivity contribution in [3.63, 3.8) is 0 Å². The molecule has 27 heavy (non-hydrogen) atoms. The molecule has 0 saturated carbocycles. The summed E-state index contributed by atoms with van der Waals surface area (Å²) in [4.78, 5) is 28.3. The second kappa shape index (κ2) is 7.09. The number of benzene rings is 3. The number of anilines is 1. The van der Waals surface area contributed by atoms with Crippen molar-refractivity contribution in [3.8, 4) is 11.1 Å². The van der Waals surface area contributed by atoms with Crippen LogP contribution in [0.15, 0.2) is 83.7 Å². The zero-order valence-electron chi connectivity index (χ0n) is 14.2. The molecule has 0 radical (unpaired) electrons. The Morgan fingerprint density at radius 3 is 2.26 bits per heavy atom. The molecule has 2 N–H and O–H groups in total. The van der Waals surface area contributed by atoms with Crippen molar-refractivity contribution in [3.05, 3.63) is 99.8 Å². The van der Waals surface area contributed by atoms with Gasteiger partial charge in [-0.15, -0.1) is 0 Å². The monoisotopic (exact) mass is 374 g/mol. The molecule has 1 amide bonds. The lowest BCUT2D eigenvalue weighted by Gasteiger charge is -2.14. The first-order valence-electron chi connectivity index (χ1n) is 8.41. The number of H-pyrrole nitrogens is 1. The van der Waals surface area contributed by atoms with E-state index in [-0.39, 0.29) is 17.2 Å². The number of pyridine rings is 1. The molecular weight excluding hydrogens is 360 g/mol. The lowest BCUT2D eigenvalue weighted by atomic mass is 9.99. The number of fused-ring (bicyclic) bond motifs is 1. The van der Waals surface area contributed by atoms with E-state index in [1.165, 1.54) is 0 Å². The van der Waals surface area contributed by atoms with Crippen molar-refractivity contribution in [1.29, 1.82) is 0 Å². The molecular formula is C22H15ClN2O2. The van der Waals surface area contributed by atoms with Crippen LogP contribution in [0, 0.1) is 0 Å². The number of aromatic amines is 1. The summed E-state index contributed by atoms with van der Waals surface area (Å²) in [6.45, 7) is 0. The molecule has 1 aromatic heterocycles. The van der Waals surface area contributed by atoms with Crippen molar-refractivity contribution >= 4 is 34.1 Å². The van der Waals surface area contributed by atoms with E-state index in [9.17, 15) is 9.59 Å². The Bertz CT molecular complexity index is 1190. The molecule has 0 spiro atoms. The van der Waals surface area contributed by atoms with Gasteiger partial charge in [0.2, 0.25) is 0 Å². The van der Waals surface area contributed by atoms with Crippen LogP contribution in [0.3, 0.4) is 0 Å². The van der Waals surface area contributed by atoms with E-state index in [2.05, 4.69) is 10.3 Å². The topological polar surface area (TPSA) is 62.0 Å². The third-order valence-corrected chi connectivity index (χ3v) is 4.55. The summed E-state index contributed by atoms with van der Waals surface area (Å²) in [6, 6.07) is 23.5. The second-order valence-corrected chi connectivity index (χ2v) is 6.52. The highest BCUT2D eigenvalue weighted by atomic mass is 35.5. The highest BCUT2D eigenvalue weighted by Gasteiger charge is 2.17. The molecule has 4 rings (SSSR count). The van der Waals surface area contributed by atoms with Crippen LogP contribution in [0.4, 0.5) is 5.69 Å². The fraction of sp³-hybridized carbons (Fsp3) is 0. The predicted octanol–water partition coefficient (Wildman–Crippen LogP) is 5.10. The van der Waals surface area contributed by atoms with E-state index < -0.39 is 0 Å². The van der Waals surface area contributed by atoms with Crippen LogP contribution in [-0.4, -0.2) is 10.9 Å². The first-order valence-corrected chi connectivity index (χ1v) is 8.78. The molecule has 132 valence electrons. The van der Waals surface area contributed by atoms with Crippen LogP contribution in [0.1, 0.15) is 10.4 Å². The molecule has 0 aliphatic heterocycles. The van der Waals surface area contributed by atoms with E-state index in [4.69, 9.17) is 11.6 Å². The zero-order chi connectivity index (χ0) is 18.8. The van der Waals surface area contributed by atoms with E-state index in [1.54, 1.807) is 42.5 Å². The van der Waals surface area contributed by atoms with Crippen LogP contribution in [0.5, 0.6) is 0 Å². The minimum atomic E-state index is -0.368. The van der Waals surface area contributed by atoms with Gasteiger partial charge in [-0.3, -0.25) is 9.59 Å². The van der Waals surface area contributed by atoms with Crippen molar-refractivity contribution in [1.82, 2.24) is 4.98 Å².